The molecule has 2 aliphatic rings. The highest BCUT2D eigenvalue weighted by Gasteiger charge is 2.41. The maximum Gasteiger partial charge on any atom is 0.417 e. The summed E-state index contributed by atoms with van der Waals surface area (Å²) < 4.78 is 20.8. The molecule has 2 saturated heterocycles. The highest BCUT2D eigenvalue weighted by molar-refractivity contribution is 5.98. The number of benzene rings is 1. The number of H-pyrrole nitrogens is 1. The van der Waals surface area contributed by atoms with Crippen LogP contribution >= 0.6 is 0 Å². The van der Waals surface area contributed by atoms with E-state index in [9.17, 15) is 14.4 Å². The van der Waals surface area contributed by atoms with Gasteiger partial charge >= 0.3 is 6.09 Å². The molecule has 4 rings (SSSR count). The lowest BCUT2D eigenvalue weighted by atomic mass is 10.1. The maximum atomic E-state index is 12.9. The molecule has 11 nitrogen and oxygen atoms in total. The van der Waals surface area contributed by atoms with Crippen LogP contribution in [0.1, 0.15) is 16.9 Å². The van der Waals surface area contributed by atoms with E-state index in [0.29, 0.717) is 47.2 Å². The highest BCUT2D eigenvalue weighted by Crippen LogP contribution is 2.40. The lowest BCUT2D eigenvalue weighted by Crippen LogP contribution is -2.42. The number of imide groups is 1. The maximum absolute atomic E-state index is 12.9. The first-order valence-electron chi connectivity index (χ1n) is 9.60. The van der Waals surface area contributed by atoms with E-state index in [4.69, 9.17) is 18.9 Å². The zero-order chi connectivity index (χ0) is 22.1. The van der Waals surface area contributed by atoms with Crippen LogP contribution in [0.3, 0.4) is 0 Å². The van der Waals surface area contributed by atoms with E-state index in [-0.39, 0.29) is 31.0 Å². The first-order valence-corrected chi connectivity index (χ1v) is 9.60. The van der Waals surface area contributed by atoms with Gasteiger partial charge in [0.05, 0.1) is 33.1 Å². The summed E-state index contributed by atoms with van der Waals surface area (Å²) in [4.78, 5) is 39.2. The van der Waals surface area contributed by atoms with Crippen LogP contribution in [0, 0.1) is 0 Å². The molecule has 3 heterocycles. The Morgan fingerprint density at radius 1 is 1.13 bits per heavy atom. The summed E-state index contributed by atoms with van der Waals surface area (Å²) in [6.07, 6.45) is -0.156. The van der Waals surface area contributed by atoms with Gasteiger partial charge in [-0.3, -0.25) is 14.7 Å². The second-order valence-corrected chi connectivity index (χ2v) is 7.09. The molecule has 0 saturated carbocycles. The van der Waals surface area contributed by atoms with Crippen LogP contribution in [-0.4, -0.2) is 85.0 Å². The third-order valence-electron chi connectivity index (χ3n) is 5.37. The SMILES string of the molecule is COc1cc(-c2cc(C(=O)N3CCC(N4C(=O)COC4=O)C3)[nH]n2)cc(OC)c1OC. The number of hydrogen-bond donors (Lipinski definition) is 1. The fraction of sp³-hybridized carbons (Fsp3) is 0.400. The number of rotatable bonds is 6. The molecule has 164 valence electrons. The van der Waals surface area contributed by atoms with Crippen LogP contribution in [0.25, 0.3) is 11.3 Å². The Kier molecular flexibility index (Phi) is 5.40. The third kappa shape index (κ3) is 3.62. The lowest BCUT2D eigenvalue weighted by Gasteiger charge is -2.20. The molecule has 3 amide bonds. The molecule has 31 heavy (non-hydrogen) atoms. The van der Waals surface area contributed by atoms with Gasteiger partial charge in [0.2, 0.25) is 5.75 Å². The van der Waals surface area contributed by atoms with Gasteiger partial charge in [0.25, 0.3) is 11.8 Å². The molecule has 1 N–H and O–H groups in total. The minimum absolute atomic E-state index is 0.248. The Morgan fingerprint density at radius 2 is 1.84 bits per heavy atom. The summed E-state index contributed by atoms with van der Waals surface area (Å²) >= 11 is 0. The zero-order valence-electron chi connectivity index (χ0n) is 17.3. The predicted octanol–water partition coefficient (Wildman–Crippen LogP) is 1.30. The Labute approximate surface area is 177 Å². The number of likely N-dealkylation sites (tertiary alicyclic amines) is 1. The van der Waals surface area contributed by atoms with Crippen molar-refractivity contribution in [3.63, 3.8) is 0 Å². The summed E-state index contributed by atoms with van der Waals surface area (Å²) in [6.45, 7) is 0.416. The number of carbonyl (C=O) groups is 3. The summed E-state index contributed by atoms with van der Waals surface area (Å²) in [6, 6.07) is 4.72. The summed E-state index contributed by atoms with van der Waals surface area (Å²) in [5, 5.41) is 7.00. The number of methoxy groups -OCH3 is 3. The second kappa shape index (κ2) is 8.17. The summed E-state index contributed by atoms with van der Waals surface area (Å²) in [5.41, 5.74) is 1.49. The molecule has 0 radical (unpaired) electrons. The number of ether oxygens (including phenoxy) is 4. The first-order chi connectivity index (χ1) is 15.0. The molecule has 1 aromatic carbocycles. The van der Waals surface area contributed by atoms with Gasteiger partial charge in [-0.1, -0.05) is 0 Å². The van der Waals surface area contributed by atoms with Crippen molar-refractivity contribution in [3.05, 3.63) is 23.9 Å². The fourth-order valence-corrected chi connectivity index (χ4v) is 3.83. The lowest BCUT2D eigenvalue weighted by molar-refractivity contribution is -0.127. The van der Waals surface area contributed by atoms with Crippen molar-refractivity contribution in [2.24, 2.45) is 0 Å². The van der Waals surface area contributed by atoms with Crippen molar-refractivity contribution >= 4 is 17.9 Å². The second-order valence-electron chi connectivity index (χ2n) is 7.09. The molecule has 1 aromatic heterocycles. The monoisotopic (exact) mass is 430 g/mol. The van der Waals surface area contributed by atoms with Crippen LogP contribution < -0.4 is 14.2 Å². The Balaban J connectivity index is 1.52. The van der Waals surface area contributed by atoms with Crippen molar-refractivity contribution in [1.29, 1.82) is 0 Å². The van der Waals surface area contributed by atoms with Crippen LogP contribution in [-0.2, 0) is 9.53 Å². The Morgan fingerprint density at radius 3 is 2.42 bits per heavy atom. The van der Waals surface area contributed by atoms with Gasteiger partial charge in [-0.05, 0) is 24.6 Å². The summed E-state index contributed by atoms with van der Waals surface area (Å²) in [5.74, 6) is 0.748. The topological polar surface area (TPSA) is 123 Å². The molecular formula is C20H22N4O7. The average molecular weight is 430 g/mol. The Hall–Kier alpha value is -3.76. The van der Waals surface area contributed by atoms with Crippen molar-refractivity contribution in [2.45, 2.75) is 12.5 Å². The number of aromatic amines is 1. The average Bonchev–Trinajstić information content (AvgIpc) is 3.52. The predicted molar refractivity (Wildman–Crippen MR) is 106 cm³/mol. The molecular weight excluding hydrogens is 408 g/mol. The third-order valence-corrected chi connectivity index (χ3v) is 5.37. The normalized spacial score (nSPS) is 18.4. The van der Waals surface area contributed by atoms with Crippen LogP contribution in [0.4, 0.5) is 4.79 Å². The number of carbonyl (C=O) groups excluding carboxylic acids is 3. The number of nitrogens with one attached hydrogen (secondary N) is 1. The van der Waals surface area contributed by atoms with Gasteiger partial charge in [0.1, 0.15) is 5.69 Å². The fourth-order valence-electron chi connectivity index (χ4n) is 3.83. The number of amides is 3. The molecule has 0 spiro atoms. The molecule has 0 bridgehead atoms. The van der Waals surface area contributed by atoms with E-state index in [2.05, 4.69) is 10.2 Å². The van der Waals surface area contributed by atoms with Gasteiger partial charge in [0.15, 0.2) is 18.1 Å². The number of cyclic esters (lactones) is 1. The molecule has 1 atom stereocenters. The first kappa shape index (κ1) is 20.5. The largest absolute Gasteiger partial charge is 0.493 e. The van der Waals surface area contributed by atoms with Gasteiger partial charge in [-0.25, -0.2) is 9.69 Å². The molecule has 2 aromatic rings. The molecule has 2 fully saturated rings. The van der Waals surface area contributed by atoms with Gasteiger partial charge < -0.3 is 23.8 Å². The van der Waals surface area contributed by atoms with Crippen LogP contribution in [0.2, 0.25) is 0 Å². The van der Waals surface area contributed by atoms with E-state index in [1.807, 2.05) is 0 Å². The standard InChI is InChI=1S/C20H22N4O7/c1-28-15-6-11(7-16(29-2)18(15)30-3)13-8-14(22-21-13)19(26)23-5-4-12(9-23)24-17(25)10-31-20(24)27/h6-8,12H,4-5,9-10H2,1-3H3,(H,21,22). The Bertz CT molecular complexity index is 993. The summed E-state index contributed by atoms with van der Waals surface area (Å²) in [7, 11) is 4.56. The highest BCUT2D eigenvalue weighted by atomic mass is 16.6. The molecule has 2 aliphatic heterocycles. The van der Waals surface area contributed by atoms with E-state index in [0.717, 1.165) is 4.90 Å². The molecule has 11 heteroatoms. The smallest absolute Gasteiger partial charge is 0.417 e. The van der Waals surface area contributed by atoms with Crippen LogP contribution in [0.5, 0.6) is 17.2 Å². The van der Waals surface area contributed by atoms with Crippen molar-refractivity contribution in [3.8, 4) is 28.5 Å². The molecule has 0 aliphatic carbocycles. The van der Waals surface area contributed by atoms with E-state index < -0.39 is 6.09 Å². The van der Waals surface area contributed by atoms with Gasteiger partial charge in [0, 0.05) is 18.7 Å². The van der Waals surface area contributed by atoms with Crippen molar-refractivity contribution in [1.82, 2.24) is 20.0 Å². The van der Waals surface area contributed by atoms with Crippen molar-refractivity contribution in [2.75, 3.05) is 41.0 Å². The minimum Gasteiger partial charge on any atom is -0.493 e. The van der Waals surface area contributed by atoms with Gasteiger partial charge in [-0.15, -0.1) is 0 Å². The van der Waals surface area contributed by atoms with E-state index in [1.54, 1.807) is 23.1 Å². The van der Waals surface area contributed by atoms with E-state index in [1.165, 1.54) is 21.3 Å². The van der Waals surface area contributed by atoms with E-state index >= 15 is 0 Å². The minimum atomic E-state index is -0.657. The van der Waals surface area contributed by atoms with Crippen molar-refractivity contribution < 1.29 is 33.3 Å². The molecule has 1 unspecified atom stereocenters. The quantitative estimate of drug-likeness (QED) is 0.727. The number of aromatic nitrogens is 2. The zero-order valence-corrected chi connectivity index (χ0v) is 17.3. The number of hydrogen-bond acceptors (Lipinski definition) is 8. The van der Waals surface area contributed by atoms with Crippen LogP contribution in [0.15, 0.2) is 18.2 Å². The van der Waals surface area contributed by atoms with Gasteiger partial charge in [-0.2, -0.15) is 5.10 Å². The number of nitrogens with zero attached hydrogens (tertiary/aromatic N) is 3.